The van der Waals surface area contributed by atoms with Crippen LogP contribution in [0.25, 0.3) is 0 Å². The first-order valence-corrected chi connectivity index (χ1v) is 9.75. The third-order valence-corrected chi connectivity index (χ3v) is 4.54. The molecule has 2 aromatic rings. The molecule has 0 unspecified atom stereocenters. The average Bonchev–Trinajstić information content (AvgIpc) is 2.73. The van der Waals surface area contributed by atoms with Crippen molar-refractivity contribution in [3.05, 3.63) is 59.1 Å². The van der Waals surface area contributed by atoms with Crippen LogP contribution in [0.2, 0.25) is 5.02 Å². The van der Waals surface area contributed by atoms with E-state index >= 15 is 0 Å². The highest BCUT2D eigenvalue weighted by Gasteiger charge is 2.29. The summed E-state index contributed by atoms with van der Waals surface area (Å²) in [6.07, 6.45) is 5.61. The number of carbonyl (C=O) groups is 2. The highest BCUT2D eigenvalue weighted by Crippen LogP contribution is 2.13. The molecule has 4 N–H and O–H groups in total. The Kier molecular flexibility index (Phi) is 9.69. The van der Waals surface area contributed by atoms with Gasteiger partial charge in [0.2, 0.25) is 5.91 Å². The third kappa shape index (κ3) is 7.71. The van der Waals surface area contributed by atoms with Crippen LogP contribution in [0.15, 0.2) is 42.9 Å². The second-order valence-electron chi connectivity index (χ2n) is 6.62. The quantitative estimate of drug-likeness (QED) is 0.376. The van der Waals surface area contributed by atoms with E-state index in [1.165, 1.54) is 25.7 Å². The molecule has 0 saturated carbocycles. The van der Waals surface area contributed by atoms with Crippen molar-refractivity contribution < 1.29 is 24.4 Å². The number of halogens is 1. The summed E-state index contributed by atoms with van der Waals surface area (Å²) >= 11 is 5.96. The summed E-state index contributed by atoms with van der Waals surface area (Å²) in [5, 5.41) is 25.0. The number of methoxy groups -OCH3 is 1. The molecule has 9 nitrogen and oxygen atoms in total. The molecule has 0 bridgehead atoms. The molecule has 0 aliphatic rings. The lowest BCUT2D eigenvalue weighted by atomic mass is 9.76. The smallest absolute Gasteiger partial charge is 0.426 e. The van der Waals surface area contributed by atoms with E-state index in [0.717, 1.165) is 5.56 Å². The van der Waals surface area contributed by atoms with Gasteiger partial charge in [0, 0.05) is 24.5 Å². The van der Waals surface area contributed by atoms with Gasteiger partial charge in [-0.1, -0.05) is 23.7 Å². The molecule has 1 aromatic carbocycles. The minimum atomic E-state index is -1.76. The third-order valence-electron chi connectivity index (χ3n) is 4.31. The largest absolute Gasteiger partial charge is 0.475 e. The van der Waals surface area contributed by atoms with Crippen LogP contribution in [-0.4, -0.2) is 64.6 Å². The Morgan fingerprint density at radius 3 is 2.70 bits per heavy atom. The minimum Gasteiger partial charge on any atom is -0.426 e. The van der Waals surface area contributed by atoms with Crippen molar-refractivity contribution in [2.45, 2.75) is 31.2 Å². The van der Waals surface area contributed by atoms with E-state index < -0.39 is 30.9 Å². The molecule has 0 radical (unpaired) electrons. The normalized spacial score (nSPS) is 12.7. The molecule has 0 spiro atoms. The van der Waals surface area contributed by atoms with E-state index in [1.807, 2.05) is 18.2 Å². The molecule has 2 amide bonds. The van der Waals surface area contributed by atoms with Crippen molar-refractivity contribution in [1.29, 1.82) is 0 Å². The maximum atomic E-state index is 12.6. The van der Waals surface area contributed by atoms with Crippen LogP contribution in [0.3, 0.4) is 0 Å². The lowest BCUT2D eigenvalue weighted by Gasteiger charge is -2.22. The van der Waals surface area contributed by atoms with Gasteiger partial charge in [0.15, 0.2) is 0 Å². The summed E-state index contributed by atoms with van der Waals surface area (Å²) < 4.78 is 5.01. The van der Waals surface area contributed by atoms with Crippen molar-refractivity contribution in [2.75, 3.05) is 13.7 Å². The minimum absolute atomic E-state index is 0.0478. The molecule has 30 heavy (non-hydrogen) atoms. The van der Waals surface area contributed by atoms with Gasteiger partial charge in [-0.25, -0.2) is 4.98 Å². The van der Waals surface area contributed by atoms with E-state index in [2.05, 4.69) is 20.6 Å². The summed E-state index contributed by atoms with van der Waals surface area (Å²) in [7, 11) is -0.370. The fraction of sp³-hybridized carbons (Fsp3) is 0.368. The van der Waals surface area contributed by atoms with E-state index in [0.29, 0.717) is 24.3 Å². The predicted molar refractivity (Wildman–Crippen MR) is 112 cm³/mol. The van der Waals surface area contributed by atoms with Crippen molar-refractivity contribution in [3.8, 4) is 0 Å². The molecule has 0 saturated heterocycles. The number of aromatic nitrogens is 2. The number of hydrogen-bond donors (Lipinski definition) is 4. The van der Waals surface area contributed by atoms with Gasteiger partial charge < -0.3 is 25.4 Å². The molecule has 0 aliphatic carbocycles. The number of rotatable bonds is 11. The zero-order chi connectivity index (χ0) is 21.9. The van der Waals surface area contributed by atoms with Crippen LogP contribution >= 0.6 is 11.6 Å². The topological polar surface area (TPSA) is 134 Å². The first-order chi connectivity index (χ1) is 14.4. The van der Waals surface area contributed by atoms with Gasteiger partial charge >= 0.3 is 7.12 Å². The standard InChI is InChI=1S/C19H24BClN4O5/c1-30-12-16(24-18(26)15-11-22-8-9-23-15)19(27)25-17(20(28)29)7-3-5-13-4-2-6-14(21)10-13/h2,4,6,8-11,16-17,28-29H,3,5,7,12H2,1H3,(H,24,26)(H,25,27)/t16-,17+/m1/s1. The second kappa shape index (κ2) is 12.2. The molecular formula is C19H24BClN4O5. The second-order valence-corrected chi connectivity index (χ2v) is 7.06. The molecule has 11 heteroatoms. The van der Waals surface area contributed by atoms with Gasteiger partial charge in [-0.2, -0.15) is 0 Å². The van der Waals surface area contributed by atoms with Crippen molar-refractivity contribution in [3.63, 3.8) is 0 Å². The number of ether oxygens (including phenoxy) is 1. The number of nitrogens with zero attached hydrogens (tertiary/aromatic N) is 2. The summed E-state index contributed by atoms with van der Waals surface area (Å²) in [5.74, 6) is -2.11. The van der Waals surface area contributed by atoms with Crippen LogP contribution in [-0.2, 0) is 16.0 Å². The Balaban J connectivity index is 1.93. The van der Waals surface area contributed by atoms with E-state index in [-0.39, 0.29) is 12.3 Å². The van der Waals surface area contributed by atoms with E-state index in [4.69, 9.17) is 16.3 Å². The summed E-state index contributed by atoms with van der Waals surface area (Å²) in [5.41, 5.74) is 1.06. The molecule has 1 aromatic heterocycles. The zero-order valence-corrected chi connectivity index (χ0v) is 17.2. The fourth-order valence-corrected chi connectivity index (χ4v) is 3.01. The first-order valence-electron chi connectivity index (χ1n) is 9.37. The Hall–Kier alpha value is -2.53. The lowest BCUT2D eigenvalue weighted by Crippen LogP contribution is -2.55. The van der Waals surface area contributed by atoms with Crippen LogP contribution in [0.1, 0.15) is 28.9 Å². The van der Waals surface area contributed by atoms with Gasteiger partial charge in [0.25, 0.3) is 5.91 Å². The molecule has 160 valence electrons. The van der Waals surface area contributed by atoms with Crippen LogP contribution in [0.4, 0.5) is 0 Å². The van der Waals surface area contributed by atoms with Gasteiger partial charge in [-0.3, -0.25) is 14.6 Å². The first kappa shape index (κ1) is 23.8. The van der Waals surface area contributed by atoms with E-state index in [9.17, 15) is 19.6 Å². The summed E-state index contributed by atoms with van der Waals surface area (Å²) in [6.45, 7) is -0.103. The van der Waals surface area contributed by atoms with Gasteiger partial charge in [-0.05, 0) is 37.0 Å². The summed E-state index contributed by atoms with van der Waals surface area (Å²) in [6, 6.07) is 6.33. The van der Waals surface area contributed by atoms with Crippen molar-refractivity contribution >= 4 is 30.5 Å². The lowest BCUT2D eigenvalue weighted by molar-refractivity contribution is -0.124. The molecule has 1 heterocycles. The summed E-state index contributed by atoms with van der Waals surface area (Å²) in [4.78, 5) is 32.6. The number of aryl methyl sites for hydroxylation is 1. The highest BCUT2D eigenvalue weighted by atomic mass is 35.5. The predicted octanol–water partition coefficient (Wildman–Crippen LogP) is 0.395. The van der Waals surface area contributed by atoms with Gasteiger partial charge in [-0.15, -0.1) is 0 Å². The van der Waals surface area contributed by atoms with Gasteiger partial charge in [0.05, 0.1) is 18.7 Å². The van der Waals surface area contributed by atoms with Crippen molar-refractivity contribution in [2.24, 2.45) is 0 Å². The Labute approximate surface area is 180 Å². The fourth-order valence-electron chi connectivity index (χ4n) is 2.80. The van der Waals surface area contributed by atoms with Gasteiger partial charge in [0.1, 0.15) is 11.7 Å². The molecular weight excluding hydrogens is 410 g/mol. The number of amides is 2. The molecule has 0 aliphatic heterocycles. The Morgan fingerprint density at radius 2 is 2.07 bits per heavy atom. The van der Waals surface area contributed by atoms with Crippen LogP contribution < -0.4 is 10.6 Å². The number of benzene rings is 1. The number of hydrogen-bond acceptors (Lipinski definition) is 7. The highest BCUT2D eigenvalue weighted by molar-refractivity contribution is 6.43. The van der Waals surface area contributed by atoms with Crippen molar-refractivity contribution in [1.82, 2.24) is 20.6 Å². The van der Waals surface area contributed by atoms with Crippen LogP contribution in [0.5, 0.6) is 0 Å². The number of carbonyl (C=O) groups excluding carboxylic acids is 2. The molecule has 2 rings (SSSR count). The zero-order valence-electron chi connectivity index (χ0n) is 16.5. The monoisotopic (exact) mass is 434 g/mol. The van der Waals surface area contributed by atoms with E-state index in [1.54, 1.807) is 6.07 Å². The Bertz CT molecular complexity index is 828. The molecule has 0 fully saturated rings. The van der Waals surface area contributed by atoms with Crippen LogP contribution in [0, 0.1) is 0 Å². The maximum Gasteiger partial charge on any atom is 0.475 e. The Morgan fingerprint density at radius 1 is 1.27 bits per heavy atom. The molecule has 2 atom stereocenters. The SMILES string of the molecule is COC[C@@H](NC(=O)c1cnccn1)C(=O)N[C@@H](CCCc1cccc(Cl)c1)B(O)O. The average molecular weight is 435 g/mol. The number of nitrogens with one attached hydrogen (secondary N) is 2. The maximum absolute atomic E-state index is 12.6.